The molecule has 69 heavy (non-hydrogen) atoms. The topological polar surface area (TPSA) is 181 Å². The molecule has 0 heterocycles. The van der Waals surface area contributed by atoms with E-state index in [1.165, 1.54) is 0 Å². The molecule has 0 fully saturated rings. The zero-order chi connectivity index (χ0) is 49.9. The minimum atomic E-state index is -1.31. The minimum absolute atomic E-state index is 0.00292. The van der Waals surface area contributed by atoms with E-state index in [0.29, 0.717) is 28.2 Å². The van der Waals surface area contributed by atoms with Crippen molar-refractivity contribution in [1.82, 2.24) is 21.3 Å². The van der Waals surface area contributed by atoms with E-state index in [1.807, 2.05) is 110 Å². The van der Waals surface area contributed by atoms with Crippen molar-refractivity contribution in [3.05, 3.63) is 155 Å². The van der Waals surface area contributed by atoms with Crippen molar-refractivity contribution in [3.8, 4) is 22.6 Å². The molecule has 0 saturated heterocycles. The van der Waals surface area contributed by atoms with Crippen LogP contribution in [0.4, 0.5) is 4.79 Å². The van der Waals surface area contributed by atoms with Crippen LogP contribution in [0, 0.1) is 5.92 Å². The summed E-state index contributed by atoms with van der Waals surface area (Å²) in [6, 6.07) is 34.2. The normalized spacial score (nSPS) is 14.0. The Morgan fingerprint density at radius 1 is 0.507 bits per heavy atom. The largest absolute Gasteiger partial charge is 0.488 e. The van der Waals surface area contributed by atoms with Gasteiger partial charge in [0.1, 0.15) is 53.5 Å². The summed E-state index contributed by atoms with van der Waals surface area (Å²) < 4.78 is 17.9. The van der Waals surface area contributed by atoms with Crippen LogP contribution in [0.3, 0.4) is 0 Å². The molecule has 4 atom stereocenters. The van der Waals surface area contributed by atoms with Crippen LogP contribution in [0.2, 0.25) is 0 Å². The second kappa shape index (κ2) is 22.8. The van der Waals surface area contributed by atoms with Crippen LogP contribution >= 0.6 is 0 Å². The van der Waals surface area contributed by atoms with E-state index in [-0.39, 0.29) is 44.1 Å². The molecule has 0 spiro atoms. The molecular formula is C56H66N4O9. The number of nitrogens with one attached hydrogen (secondary N) is 4. The molecular weight excluding hydrogens is 873 g/mol. The van der Waals surface area contributed by atoms with Gasteiger partial charge in [0.15, 0.2) is 0 Å². The van der Waals surface area contributed by atoms with E-state index < -0.39 is 65.2 Å². The highest BCUT2D eigenvalue weighted by Crippen LogP contribution is 2.44. The van der Waals surface area contributed by atoms with Crippen molar-refractivity contribution in [2.24, 2.45) is 5.92 Å². The Hall–Kier alpha value is -7.15. The smallest absolute Gasteiger partial charge is 0.407 e. The van der Waals surface area contributed by atoms with Crippen LogP contribution in [0.1, 0.15) is 95.5 Å². The van der Waals surface area contributed by atoms with Crippen molar-refractivity contribution >= 4 is 29.8 Å². The lowest BCUT2D eigenvalue weighted by molar-refractivity contribution is -0.142. The van der Waals surface area contributed by atoms with Crippen LogP contribution in [0.5, 0.6) is 11.5 Å². The van der Waals surface area contributed by atoms with Gasteiger partial charge in [-0.15, -0.1) is 0 Å². The lowest BCUT2D eigenvalue weighted by Gasteiger charge is -2.27. The number of alkyl carbamates (subject to hydrolysis) is 1. The molecule has 6 rings (SSSR count). The molecule has 1 aliphatic rings. The van der Waals surface area contributed by atoms with Gasteiger partial charge in [0.2, 0.25) is 17.7 Å². The Kier molecular flexibility index (Phi) is 16.9. The number of carbonyl (C=O) groups excluding carboxylic acids is 4. The quantitative estimate of drug-likeness (QED) is 0.0511. The third-order valence-electron chi connectivity index (χ3n) is 11.4. The van der Waals surface area contributed by atoms with Crippen molar-refractivity contribution in [3.63, 3.8) is 0 Å². The summed E-state index contributed by atoms with van der Waals surface area (Å²) in [4.78, 5) is 69.5. The number of hydrogen-bond acceptors (Lipinski definition) is 8. The third kappa shape index (κ3) is 15.2. The molecule has 364 valence electrons. The summed E-state index contributed by atoms with van der Waals surface area (Å²) in [6.07, 6.45) is -0.591. The first-order valence-corrected chi connectivity index (χ1v) is 23.6. The highest BCUT2D eigenvalue weighted by Gasteiger charge is 2.34. The summed E-state index contributed by atoms with van der Waals surface area (Å²) >= 11 is 0. The number of fused-ring (bicyclic) bond motifs is 3. The maximum atomic E-state index is 14.7. The molecule has 0 bridgehead atoms. The number of carboxylic acids is 1. The number of ether oxygens (including phenoxy) is 3. The molecule has 1 aliphatic carbocycles. The zero-order valence-electron chi connectivity index (χ0n) is 40.8. The van der Waals surface area contributed by atoms with Crippen molar-refractivity contribution in [2.75, 3.05) is 6.61 Å². The lowest BCUT2D eigenvalue weighted by Crippen LogP contribution is -2.59. The predicted octanol–water partition coefficient (Wildman–Crippen LogP) is 8.56. The number of hydrogen-bond donors (Lipinski definition) is 5. The minimum Gasteiger partial charge on any atom is -0.488 e. The zero-order valence-corrected chi connectivity index (χ0v) is 40.8. The van der Waals surface area contributed by atoms with Crippen molar-refractivity contribution < 1.29 is 43.3 Å². The van der Waals surface area contributed by atoms with Gasteiger partial charge in [0, 0.05) is 25.2 Å². The summed E-state index contributed by atoms with van der Waals surface area (Å²) in [5.74, 6) is -2.34. The number of aliphatic carboxylic acids is 1. The molecule has 5 N–H and O–H groups in total. The Bertz CT molecular complexity index is 2500. The van der Waals surface area contributed by atoms with Crippen molar-refractivity contribution in [2.45, 2.75) is 122 Å². The van der Waals surface area contributed by atoms with E-state index in [0.717, 1.165) is 22.3 Å². The fourth-order valence-corrected chi connectivity index (χ4v) is 8.34. The van der Waals surface area contributed by atoms with E-state index in [9.17, 15) is 29.1 Å². The number of carboxylic acid groups (broad SMARTS) is 1. The average molecular weight is 939 g/mol. The van der Waals surface area contributed by atoms with Gasteiger partial charge in [0.05, 0.1) is 0 Å². The highest BCUT2D eigenvalue weighted by molar-refractivity contribution is 5.95. The van der Waals surface area contributed by atoms with Crippen LogP contribution in [-0.4, -0.2) is 76.9 Å². The Morgan fingerprint density at radius 3 is 1.33 bits per heavy atom. The van der Waals surface area contributed by atoms with E-state index in [1.54, 1.807) is 72.8 Å². The van der Waals surface area contributed by atoms with Gasteiger partial charge in [-0.3, -0.25) is 14.4 Å². The number of carbonyl (C=O) groups is 5. The van der Waals surface area contributed by atoms with Gasteiger partial charge >= 0.3 is 12.1 Å². The SMILES string of the molecule is CC(C)C[C@@H](NC(=O)OCC1c2ccccc2-c2ccccc21)C(=O)N[C@@H](Cc1ccc(OC(C)(C)C)cc1)C(=O)N[C@@H](Cc1ccc(OC(C)(C)C)cc1)C(=O)N[C@@H](Cc1ccccc1)C(=O)O. The van der Waals surface area contributed by atoms with Crippen LogP contribution in [0.15, 0.2) is 127 Å². The second-order valence-corrected chi connectivity index (χ2v) is 20.0. The summed E-state index contributed by atoms with van der Waals surface area (Å²) in [5.41, 5.74) is 5.36. The van der Waals surface area contributed by atoms with Gasteiger partial charge in [-0.05, 0) is 117 Å². The van der Waals surface area contributed by atoms with Gasteiger partial charge in [-0.1, -0.05) is 117 Å². The van der Waals surface area contributed by atoms with Crippen molar-refractivity contribution in [1.29, 1.82) is 0 Å². The van der Waals surface area contributed by atoms with Gasteiger partial charge in [-0.25, -0.2) is 9.59 Å². The first-order chi connectivity index (χ1) is 32.7. The molecule has 0 unspecified atom stereocenters. The molecule has 5 aromatic carbocycles. The lowest BCUT2D eigenvalue weighted by atomic mass is 9.98. The summed E-state index contributed by atoms with van der Waals surface area (Å²) in [7, 11) is 0. The van der Waals surface area contributed by atoms with Crippen LogP contribution in [-0.2, 0) is 43.2 Å². The number of benzene rings is 5. The van der Waals surface area contributed by atoms with Crippen LogP contribution < -0.4 is 30.7 Å². The molecule has 0 saturated carbocycles. The predicted molar refractivity (Wildman–Crippen MR) is 266 cm³/mol. The van der Waals surface area contributed by atoms with E-state index >= 15 is 0 Å². The standard InChI is InChI=1S/C56H66N4O9/c1-35(2)30-46(60-54(66)67-34-45-43-20-14-12-18-41(43)42-19-13-15-21-44(42)45)50(61)57-47(31-37-22-26-39(27-23-37)68-55(3,4)5)51(62)58-48(32-38-24-28-40(29-25-38)69-56(6,7)8)52(63)59-49(53(64)65)33-36-16-10-9-11-17-36/h9-29,35,45-49H,30-34H2,1-8H3,(H,57,61)(H,58,62)(H,59,63)(H,60,66)(H,64,65)/t46-,47+,48+,49+/m1/s1. The Balaban J connectivity index is 1.25. The molecule has 0 radical (unpaired) electrons. The Labute approximate surface area is 405 Å². The maximum absolute atomic E-state index is 14.7. The van der Waals surface area contributed by atoms with E-state index in [2.05, 4.69) is 21.3 Å². The monoisotopic (exact) mass is 938 g/mol. The van der Waals surface area contributed by atoms with Gasteiger partial charge in [-0.2, -0.15) is 0 Å². The van der Waals surface area contributed by atoms with Gasteiger partial charge < -0.3 is 40.6 Å². The molecule has 13 nitrogen and oxygen atoms in total. The first-order valence-electron chi connectivity index (χ1n) is 23.6. The molecule has 13 heteroatoms. The third-order valence-corrected chi connectivity index (χ3v) is 11.4. The molecule has 4 amide bonds. The second-order valence-electron chi connectivity index (χ2n) is 20.0. The maximum Gasteiger partial charge on any atom is 0.407 e. The average Bonchev–Trinajstić information content (AvgIpc) is 3.61. The molecule has 0 aliphatic heterocycles. The Morgan fingerprint density at radius 2 is 0.899 bits per heavy atom. The number of amides is 4. The van der Waals surface area contributed by atoms with Crippen LogP contribution in [0.25, 0.3) is 11.1 Å². The summed E-state index contributed by atoms with van der Waals surface area (Å²) in [6.45, 7) is 15.5. The summed E-state index contributed by atoms with van der Waals surface area (Å²) in [5, 5.41) is 21.4. The molecule has 5 aromatic rings. The fourth-order valence-electron chi connectivity index (χ4n) is 8.34. The highest BCUT2D eigenvalue weighted by atomic mass is 16.5. The fraction of sp³-hybridized carbons (Fsp3) is 0.375. The van der Waals surface area contributed by atoms with E-state index in [4.69, 9.17) is 14.2 Å². The number of rotatable bonds is 20. The molecule has 0 aromatic heterocycles. The van der Waals surface area contributed by atoms with Gasteiger partial charge in [0.25, 0.3) is 0 Å². The first kappa shape index (κ1) is 51.2.